The van der Waals surface area contributed by atoms with E-state index in [0.29, 0.717) is 6.54 Å². The highest BCUT2D eigenvalue weighted by Gasteiger charge is 2.33. The number of benzene rings is 1. The van der Waals surface area contributed by atoms with Crippen molar-refractivity contribution in [3.8, 4) is 5.75 Å². The molecule has 0 radical (unpaired) electrons. The lowest BCUT2D eigenvalue weighted by Gasteiger charge is -2.43. The largest absolute Gasteiger partial charge is 0.497 e. The molecule has 1 aliphatic rings. The zero-order valence-corrected chi connectivity index (χ0v) is 13.6. The van der Waals surface area contributed by atoms with Crippen LogP contribution in [0.3, 0.4) is 0 Å². The first-order chi connectivity index (χ1) is 10.1. The Balaban J connectivity index is 1.96. The van der Waals surface area contributed by atoms with E-state index in [9.17, 15) is 0 Å². The molecule has 1 aromatic rings. The molecule has 0 spiro atoms. The number of hydrogen-bond acceptors (Lipinski definition) is 4. The number of hydrogen-bond donors (Lipinski definition) is 2. The molecule has 0 aromatic heterocycles. The van der Waals surface area contributed by atoms with E-state index >= 15 is 0 Å². The standard InChI is InChI=1S/C17H29N3O/c1-14(2)12-20-10-8-17(13-18,9-11-20)19-15-4-6-16(21-3)7-5-15/h4-7,14,19H,8-13,18H2,1-3H3. The molecule has 1 fully saturated rings. The summed E-state index contributed by atoms with van der Waals surface area (Å²) >= 11 is 0. The molecule has 0 saturated carbocycles. The number of rotatable bonds is 6. The van der Waals surface area contributed by atoms with Crippen LogP contribution in [0.5, 0.6) is 5.75 Å². The topological polar surface area (TPSA) is 50.5 Å². The van der Waals surface area contributed by atoms with Gasteiger partial charge in [-0.05, 0) is 43.0 Å². The van der Waals surface area contributed by atoms with E-state index in [1.807, 2.05) is 12.1 Å². The van der Waals surface area contributed by atoms with Crippen LogP contribution in [-0.4, -0.2) is 43.7 Å². The Labute approximate surface area is 128 Å². The number of nitrogens with zero attached hydrogens (tertiary/aromatic N) is 1. The minimum absolute atomic E-state index is 0.0298. The Hall–Kier alpha value is -1.26. The molecular formula is C17H29N3O. The maximum atomic E-state index is 6.08. The van der Waals surface area contributed by atoms with Gasteiger partial charge in [0.1, 0.15) is 5.75 Å². The summed E-state index contributed by atoms with van der Waals surface area (Å²) in [6.07, 6.45) is 2.20. The smallest absolute Gasteiger partial charge is 0.119 e. The molecular weight excluding hydrogens is 262 g/mol. The maximum Gasteiger partial charge on any atom is 0.119 e. The van der Waals surface area contributed by atoms with E-state index in [-0.39, 0.29) is 5.54 Å². The lowest BCUT2D eigenvalue weighted by Crippen LogP contribution is -2.54. The third-order valence-corrected chi connectivity index (χ3v) is 4.33. The Morgan fingerprint density at radius 3 is 2.33 bits per heavy atom. The van der Waals surface area contributed by atoms with Crippen molar-refractivity contribution in [1.29, 1.82) is 0 Å². The third-order valence-electron chi connectivity index (χ3n) is 4.33. The van der Waals surface area contributed by atoms with Crippen LogP contribution in [-0.2, 0) is 0 Å². The van der Waals surface area contributed by atoms with E-state index in [2.05, 4.69) is 36.2 Å². The zero-order valence-electron chi connectivity index (χ0n) is 13.6. The van der Waals surface area contributed by atoms with Gasteiger partial charge in [-0.15, -0.1) is 0 Å². The highest BCUT2D eigenvalue weighted by Crippen LogP contribution is 2.27. The van der Waals surface area contributed by atoms with Crippen molar-refractivity contribution in [2.75, 3.05) is 38.6 Å². The van der Waals surface area contributed by atoms with Gasteiger partial charge in [-0.25, -0.2) is 0 Å². The van der Waals surface area contributed by atoms with Crippen molar-refractivity contribution < 1.29 is 4.74 Å². The molecule has 4 nitrogen and oxygen atoms in total. The lowest BCUT2D eigenvalue weighted by molar-refractivity contribution is 0.161. The van der Waals surface area contributed by atoms with E-state index in [1.54, 1.807) is 7.11 Å². The molecule has 2 rings (SSSR count). The van der Waals surface area contributed by atoms with Crippen molar-refractivity contribution in [2.45, 2.75) is 32.2 Å². The molecule has 0 atom stereocenters. The first-order valence-corrected chi connectivity index (χ1v) is 7.91. The Morgan fingerprint density at radius 2 is 1.86 bits per heavy atom. The van der Waals surface area contributed by atoms with Gasteiger partial charge in [0.25, 0.3) is 0 Å². The molecule has 0 aliphatic carbocycles. The molecule has 118 valence electrons. The summed E-state index contributed by atoms with van der Waals surface area (Å²) in [6.45, 7) is 8.66. The van der Waals surface area contributed by atoms with Gasteiger partial charge >= 0.3 is 0 Å². The summed E-state index contributed by atoms with van der Waals surface area (Å²) in [4.78, 5) is 2.55. The van der Waals surface area contributed by atoms with Crippen molar-refractivity contribution in [1.82, 2.24) is 4.90 Å². The van der Waals surface area contributed by atoms with Crippen LogP contribution in [0.25, 0.3) is 0 Å². The molecule has 4 heteroatoms. The summed E-state index contributed by atoms with van der Waals surface area (Å²) in [5, 5.41) is 3.66. The van der Waals surface area contributed by atoms with Crippen LogP contribution in [0.1, 0.15) is 26.7 Å². The summed E-state index contributed by atoms with van der Waals surface area (Å²) in [5.74, 6) is 1.61. The van der Waals surface area contributed by atoms with Gasteiger partial charge in [-0.3, -0.25) is 0 Å². The van der Waals surface area contributed by atoms with Crippen molar-refractivity contribution in [2.24, 2.45) is 11.7 Å². The predicted molar refractivity (Wildman–Crippen MR) is 88.9 cm³/mol. The van der Waals surface area contributed by atoms with Gasteiger partial charge in [0, 0.05) is 31.9 Å². The molecule has 1 aromatic carbocycles. The second-order valence-corrected chi connectivity index (χ2v) is 6.53. The SMILES string of the molecule is COc1ccc(NC2(CN)CCN(CC(C)C)CC2)cc1. The van der Waals surface area contributed by atoms with Crippen LogP contribution in [0.15, 0.2) is 24.3 Å². The monoisotopic (exact) mass is 291 g/mol. The summed E-state index contributed by atoms with van der Waals surface area (Å²) in [7, 11) is 1.69. The van der Waals surface area contributed by atoms with Crippen LogP contribution in [0.4, 0.5) is 5.69 Å². The van der Waals surface area contributed by atoms with Gasteiger partial charge in [0.05, 0.1) is 12.6 Å². The van der Waals surface area contributed by atoms with Crippen molar-refractivity contribution >= 4 is 5.69 Å². The quantitative estimate of drug-likeness (QED) is 0.846. The van der Waals surface area contributed by atoms with Crippen molar-refractivity contribution in [3.05, 3.63) is 24.3 Å². The summed E-state index contributed by atoms with van der Waals surface area (Å²) in [6, 6.07) is 8.11. The molecule has 0 bridgehead atoms. The van der Waals surface area contributed by atoms with Crippen molar-refractivity contribution in [3.63, 3.8) is 0 Å². The van der Waals surface area contributed by atoms with Crippen LogP contribution in [0, 0.1) is 5.92 Å². The number of methoxy groups -OCH3 is 1. The number of nitrogens with one attached hydrogen (secondary N) is 1. The second-order valence-electron chi connectivity index (χ2n) is 6.53. The zero-order chi connectivity index (χ0) is 15.3. The molecule has 0 unspecified atom stereocenters. The maximum absolute atomic E-state index is 6.08. The average molecular weight is 291 g/mol. The van der Waals surface area contributed by atoms with Gasteiger partial charge < -0.3 is 20.7 Å². The Kier molecular flexibility index (Phi) is 5.48. The van der Waals surface area contributed by atoms with Gasteiger partial charge in [-0.1, -0.05) is 13.8 Å². The number of ether oxygens (including phenoxy) is 1. The van der Waals surface area contributed by atoms with Crippen LogP contribution in [0.2, 0.25) is 0 Å². The van der Waals surface area contributed by atoms with E-state index in [0.717, 1.165) is 43.3 Å². The fourth-order valence-corrected chi connectivity index (χ4v) is 3.04. The number of piperidine rings is 1. The van der Waals surface area contributed by atoms with E-state index < -0.39 is 0 Å². The van der Waals surface area contributed by atoms with Crippen LogP contribution >= 0.6 is 0 Å². The first-order valence-electron chi connectivity index (χ1n) is 7.91. The fraction of sp³-hybridized carbons (Fsp3) is 0.647. The molecule has 1 aliphatic heterocycles. The number of likely N-dealkylation sites (tertiary alicyclic amines) is 1. The first kappa shape index (κ1) is 16.1. The summed E-state index contributed by atoms with van der Waals surface area (Å²) < 4.78 is 5.20. The van der Waals surface area contributed by atoms with E-state index in [4.69, 9.17) is 10.5 Å². The molecule has 3 N–H and O–H groups in total. The molecule has 1 saturated heterocycles. The number of nitrogens with two attached hydrogens (primary N) is 1. The molecule has 1 heterocycles. The normalized spacial score (nSPS) is 18.7. The average Bonchev–Trinajstić information content (AvgIpc) is 2.50. The van der Waals surface area contributed by atoms with Gasteiger partial charge in [0.2, 0.25) is 0 Å². The molecule has 21 heavy (non-hydrogen) atoms. The highest BCUT2D eigenvalue weighted by atomic mass is 16.5. The Morgan fingerprint density at radius 1 is 1.24 bits per heavy atom. The lowest BCUT2D eigenvalue weighted by atomic mass is 9.87. The minimum atomic E-state index is 0.0298. The second kappa shape index (κ2) is 7.14. The molecule has 0 amide bonds. The van der Waals surface area contributed by atoms with Crippen LogP contribution < -0.4 is 15.8 Å². The highest BCUT2D eigenvalue weighted by molar-refractivity contribution is 5.48. The van der Waals surface area contributed by atoms with E-state index in [1.165, 1.54) is 6.54 Å². The van der Waals surface area contributed by atoms with Gasteiger partial charge in [0.15, 0.2) is 0 Å². The Bertz CT molecular complexity index is 422. The fourth-order valence-electron chi connectivity index (χ4n) is 3.04. The minimum Gasteiger partial charge on any atom is -0.497 e. The number of anilines is 1. The van der Waals surface area contributed by atoms with Gasteiger partial charge in [-0.2, -0.15) is 0 Å². The third kappa shape index (κ3) is 4.35. The summed E-state index contributed by atoms with van der Waals surface area (Å²) in [5.41, 5.74) is 7.24. The predicted octanol–water partition coefficient (Wildman–Crippen LogP) is 2.56.